The van der Waals surface area contributed by atoms with E-state index >= 15 is 0 Å². The Morgan fingerprint density at radius 2 is 1.63 bits per heavy atom. The van der Waals surface area contributed by atoms with Crippen LogP contribution >= 0.6 is 0 Å². The molecule has 0 unspecified atom stereocenters. The zero-order valence-electron chi connectivity index (χ0n) is 16.6. The Hall–Kier alpha value is -3.07. The highest BCUT2D eigenvalue weighted by Crippen LogP contribution is 2.41. The lowest BCUT2D eigenvalue weighted by molar-refractivity contribution is 0.304. The number of sulfone groups is 1. The van der Waals surface area contributed by atoms with Gasteiger partial charge in [0, 0.05) is 0 Å². The first-order valence-electron chi connectivity index (χ1n) is 9.91. The lowest BCUT2D eigenvalue weighted by Crippen LogP contribution is -2.58. The van der Waals surface area contributed by atoms with Crippen molar-refractivity contribution < 1.29 is 13.2 Å². The topological polar surface area (TPSA) is 123 Å². The summed E-state index contributed by atoms with van der Waals surface area (Å²) in [5, 5.41) is 0. The van der Waals surface area contributed by atoms with Crippen molar-refractivity contribution >= 4 is 27.4 Å². The third kappa shape index (κ3) is 3.85. The van der Waals surface area contributed by atoms with Gasteiger partial charge in [0.15, 0.2) is 5.94 Å². The number of para-hydroxylation sites is 2. The molecule has 2 aromatic carbocycles. The number of hydrogen-bond donors (Lipinski definition) is 2. The van der Waals surface area contributed by atoms with Gasteiger partial charge >= 0.3 is 0 Å². The van der Waals surface area contributed by atoms with E-state index in [1.807, 2.05) is 6.07 Å². The molecule has 2 aromatic rings. The number of guanidine groups is 2. The molecule has 0 bridgehead atoms. The molecule has 1 aliphatic carbocycles. The van der Waals surface area contributed by atoms with Gasteiger partial charge in [-0.05, 0) is 49.9 Å². The summed E-state index contributed by atoms with van der Waals surface area (Å²) in [5.74, 6) is 0.269. The van der Waals surface area contributed by atoms with Gasteiger partial charge in [-0.1, -0.05) is 36.8 Å². The molecule has 1 spiro atoms. The number of anilines is 1. The van der Waals surface area contributed by atoms with E-state index in [4.69, 9.17) is 16.2 Å². The molecule has 9 heteroatoms. The number of nitrogens with two attached hydrogens (primary N) is 2. The van der Waals surface area contributed by atoms with Gasteiger partial charge < -0.3 is 16.2 Å². The standard InChI is InChI=1S/C21H25N5O3S/c22-19-24-20(23)26(21(25-19)13-7-2-8-14-21)17-11-5-6-12-18(17)30(27,28)15-29-16-9-3-1-4-10-16/h1,3-6,9-12H,2,7-8,13-15H2,(H4,22,23,24,25). The summed E-state index contributed by atoms with van der Waals surface area (Å²) >= 11 is 0. The number of hydrogen-bond acceptors (Lipinski definition) is 8. The Kier molecular flexibility index (Phi) is 5.38. The molecule has 30 heavy (non-hydrogen) atoms. The van der Waals surface area contributed by atoms with Crippen LogP contribution < -0.4 is 21.1 Å². The number of rotatable bonds is 5. The fourth-order valence-electron chi connectivity index (χ4n) is 4.10. The molecule has 8 nitrogen and oxygen atoms in total. The summed E-state index contributed by atoms with van der Waals surface area (Å²) < 4.78 is 32.0. The van der Waals surface area contributed by atoms with Crippen molar-refractivity contribution in [3.63, 3.8) is 0 Å². The second-order valence-corrected chi connectivity index (χ2v) is 9.38. The molecule has 158 valence electrons. The number of ether oxygens (including phenoxy) is 1. The molecular formula is C21H25N5O3S. The van der Waals surface area contributed by atoms with E-state index < -0.39 is 21.4 Å². The fourth-order valence-corrected chi connectivity index (χ4v) is 5.28. The van der Waals surface area contributed by atoms with Crippen LogP contribution in [0.1, 0.15) is 32.1 Å². The first-order chi connectivity index (χ1) is 14.4. The average molecular weight is 428 g/mol. The van der Waals surface area contributed by atoms with Crippen LogP contribution in [0.5, 0.6) is 5.75 Å². The molecule has 1 saturated carbocycles. The van der Waals surface area contributed by atoms with Crippen LogP contribution in [0.3, 0.4) is 0 Å². The minimum atomic E-state index is -3.78. The molecule has 2 aliphatic rings. The van der Waals surface area contributed by atoms with Gasteiger partial charge in [0.25, 0.3) is 0 Å². The first-order valence-corrected chi connectivity index (χ1v) is 11.6. The van der Waals surface area contributed by atoms with Gasteiger partial charge in [0.2, 0.25) is 21.8 Å². The second kappa shape index (κ2) is 7.98. The van der Waals surface area contributed by atoms with Crippen LogP contribution in [0.4, 0.5) is 5.69 Å². The van der Waals surface area contributed by atoms with Gasteiger partial charge in [-0.25, -0.2) is 13.4 Å². The Bertz CT molecular complexity index is 1080. The van der Waals surface area contributed by atoms with E-state index in [1.54, 1.807) is 53.4 Å². The molecular weight excluding hydrogens is 402 g/mol. The summed E-state index contributed by atoms with van der Waals surface area (Å²) in [4.78, 5) is 10.6. The van der Waals surface area contributed by atoms with E-state index in [0.29, 0.717) is 11.4 Å². The van der Waals surface area contributed by atoms with E-state index in [2.05, 4.69) is 9.98 Å². The Morgan fingerprint density at radius 1 is 0.967 bits per heavy atom. The van der Waals surface area contributed by atoms with E-state index in [-0.39, 0.29) is 16.8 Å². The lowest BCUT2D eigenvalue weighted by atomic mass is 9.87. The van der Waals surface area contributed by atoms with Crippen molar-refractivity contribution in [1.82, 2.24) is 0 Å². The van der Waals surface area contributed by atoms with E-state index in [1.165, 1.54) is 0 Å². The van der Waals surface area contributed by atoms with Gasteiger partial charge in [-0.15, -0.1) is 0 Å². The van der Waals surface area contributed by atoms with Gasteiger partial charge in [0.05, 0.1) is 10.6 Å². The van der Waals surface area contributed by atoms with Crippen LogP contribution in [-0.4, -0.2) is 31.9 Å². The Balaban J connectivity index is 1.72. The van der Waals surface area contributed by atoms with Crippen LogP contribution in [0.2, 0.25) is 0 Å². The smallest absolute Gasteiger partial charge is 0.220 e. The molecule has 0 atom stereocenters. The molecule has 0 aromatic heterocycles. The predicted molar refractivity (Wildman–Crippen MR) is 117 cm³/mol. The molecule has 1 heterocycles. The van der Waals surface area contributed by atoms with Crippen molar-refractivity contribution in [3.05, 3.63) is 54.6 Å². The highest BCUT2D eigenvalue weighted by Gasteiger charge is 2.44. The van der Waals surface area contributed by atoms with Gasteiger partial charge in [0.1, 0.15) is 11.4 Å². The average Bonchev–Trinajstić information content (AvgIpc) is 2.73. The molecule has 4 rings (SSSR count). The second-order valence-electron chi connectivity index (χ2n) is 7.48. The van der Waals surface area contributed by atoms with Crippen molar-refractivity contribution in [2.24, 2.45) is 21.5 Å². The zero-order chi connectivity index (χ0) is 21.2. The SMILES string of the molecule is NC1=NC2(CCCCC2)N(c2ccccc2S(=O)(=O)COc2ccccc2)C(N)=N1. The minimum Gasteiger partial charge on any atom is -0.477 e. The maximum absolute atomic E-state index is 13.2. The molecule has 1 aliphatic heterocycles. The largest absolute Gasteiger partial charge is 0.477 e. The summed E-state index contributed by atoms with van der Waals surface area (Å²) in [6.07, 6.45) is 4.43. The van der Waals surface area contributed by atoms with Crippen molar-refractivity contribution in [3.8, 4) is 5.75 Å². The summed E-state index contributed by atoms with van der Waals surface area (Å²) in [6, 6.07) is 15.6. The number of aliphatic imine (C=N–C) groups is 2. The zero-order valence-corrected chi connectivity index (χ0v) is 17.4. The Labute approximate surface area is 176 Å². The van der Waals surface area contributed by atoms with E-state index in [0.717, 1.165) is 32.1 Å². The van der Waals surface area contributed by atoms with Crippen molar-refractivity contribution in [1.29, 1.82) is 0 Å². The third-order valence-electron chi connectivity index (χ3n) is 5.42. The quantitative estimate of drug-likeness (QED) is 0.756. The summed E-state index contributed by atoms with van der Waals surface area (Å²) in [6.45, 7) is 0. The fraction of sp³-hybridized carbons (Fsp3) is 0.333. The van der Waals surface area contributed by atoms with Crippen LogP contribution in [0.15, 0.2) is 69.5 Å². The number of benzene rings is 2. The minimum absolute atomic E-state index is 0.124. The third-order valence-corrected chi connectivity index (χ3v) is 6.86. The first kappa shape index (κ1) is 20.2. The molecule has 0 amide bonds. The summed E-state index contributed by atoms with van der Waals surface area (Å²) in [5.41, 5.74) is 11.9. The normalized spacial score (nSPS) is 18.6. The molecule has 0 radical (unpaired) electrons. The monoisotopic (exact) mass is 427 g/mol. The lowest BCUT2D eigenvalue weighted by Gasteiger charge is -2.46. The van der Waals surface area contributed by atoms with Crippen LogP contribution in [-0.2, 0) is 9.84 Å². The molecule has 0 saturated heterocycles. The maximum Gasteiger partial charge on any atom is 0.220 e. The number of nitrogens with zero attached hydrogens (tertiary/aromatic N) is 3. The maximum atomic E-state index is 13.2. The van der Waals surface area contributed by atoms with Crippen molar-refractivity contribution in [2.45, 2.75) is 42.7 Å². The molecule has 1 fully saturated rings. The molecule has 4 N–H and O–H groups in total. The predicted octanol–water partition coefficient (Wildman–Crippen LogP) is 2.61. The van der Waals surface area contributed by atoms with Crippen LogP contribution in [0.25, 0.3) is 0 Å². The highest BCUT2D eigenvalue weighted by atomic mass is 32.2. The van der Waals surface area contributed by atoms with Crippen LogP contribution in [0, 0.1) is 0 Å². The summed E-state index contributed by atoms with van der Waals surface area (Å²) in [7, 11) is -3.78. The highest BCUT2D eigenvalue weighted by molar-refractivity contribution is 7.91. The van der Waals surface area contributed by atoms with Gasteiger partial charge in [-0.3, -0.25) is 4.90 Å². The van der Waals surface area contributed by atoms with Crippen molar-refractivity contribution in [2.75, 3.05) is 10.8 Å². The van der Waals surface area contributed by atoms with Gasteiger partial charge in [-0.2, -0.15) is 4.99 Å². The Morgan fingerprint density at radius 3 is 2.37 bits per heavy atom. The van der Waals surface area contributed by atoms with E-state index in [9.17, 15) is 8.42 Å².